The van der Waals surface area contributed by atoms with E-state index in [9.17, 15) is 9.59 Å². The zero-order chi connectivity index (χ0) is 22.7. The molecule has 4 rings (SSSR count). The number of hydrogen-bond donors (Lipinski definition) is 0. The highest BCUT2D eigenvalue weighted by atomic mass is 16.2. The summed E-state index contributed by atoms with van der Waals surface area (Å²) >= 11 is 0. The first-order chi connectivity index (χ1) is 15.4. The zero-order valence-corrected chi connectivity index (χ0v) is 18.9. The molecule has 1 aliphatic rings. The van der Waals surface area contributed by atoms with Gasteiger partial charge in [-0.25, -0.2) is 4.68 Å². The Morgan fingerprint density at radius 3 is 2.72 bits per heavy atom. The van der Waals surface area contributed by atoms with E-state index in [4.69, 9.17) is 0 Å². The highest BCUT2D eigenvalue weighted by Gasteiger charge is 2.29. The van der Waals surface area contributed by atoms with Crippen LogP contribution in [0.4, 0.5) is 5.69 Å². The molecule has 32 heavy (non-hydrogen) atoms. The molecule has 1 atom stereocenters. The molecule has 0 saturated carbocycles. The normalized spacial score (nSPS) is 16.2. The van der Waals surface area contributed by atoms with Crippen molar-refractivity contribution in [2.45, 2.75) is 32.9 Å². The van der Waals surface area contributed by atoms with Gasteiger partial charge in [0.05, 0.1) is 30.0 Å². The van der Waals surface area contributed by atoms with Gasteiger partial charge in [-0.1, -0.05) is 30.3 Å². The van der Waals surface area contributed by atoms with Crippen molar-refractivity contribution in [3.8, 4) is 0 Å². The highest BCUT2D eigenvalue weighted by molar-refractivity contribution is 5.79. The molecule has 1 aliphatic heterocycles. The van der Waals surface area contributed by atoms with Gasteiger partial charge in [0.25, 0.3) is 5.56 Å². The van der Waals surface area contributed by atoms with Gasteiger partial charge in [-0.05, 0) is 25.3 Å². The summed E-state index contributed by atoms with van der Waals surface area (Å²) in [5.41, 5.74) is 3.68. The van der Waals surface area contributed by atoms with Gasteiger partial charge in [-0.15, -0.1) is 0 Å². The monoisotopic (exact) mass is 434 g/mol. The molecule has 2 aromatic heterocycles. The van der Waals surface area contributed by atoms with Crippen LogP contribution in [0.5, 0.6) is 0 Å². The number of benzene rings is 1. The highest BCUT2D eigenvalue weighted by Crippen LogP contribution is 2.24. The van der Waals surface area contributed by atoms with Crippen LogP contribution in [0.15, 0.2) is 53.6 Å². The molecule has 0 N–H and O–H groups in total. The van der Waals surface area contributed by atoms with E-state index in [-0.39, 0.29) is 17.4 Å². The summed E-state index contributed by atoms with van der Waals surface area (Å²) in [4.78, 5) is 29.6. The van der Waals surface area contributed by atoms with Crippen molar-refractivity contribution in [2.24, 2.45) is 13.0 Å². The van der Waals surface area contributed by atoms with Gasteiger partial charge in [0.1, 0.15) is 0 Å². The maximum Gasteiger partial charge on any atom is 0.269 e. The third-order valence-electron chi connectivity index (χ3n) is 6.06. The Kier molecular flexibility index (Phi) is 6.39. The average molecular weight is 435 g/mol. The molecular weight excluding hydrogens is 404 g/mol. The zero-order valence-electron chi connectivity index (χ0n) is 18.9. The van der Waals surface area contributed by atoms with E-state index in [0.717, 1.165) is 41.9 Å². The number of piperidine rings is 1. The lowest BCUT2D eigenvalue weighted by molar-refractivity contribution is -0.135. The van der Waals surface area contributed by atoms with E-state index in [2.05, 4.69) is 15.1 Å². The first kappa shape index (κ1) is 21.8. The molecule has 0 aliphatic carbocycles. The molecule has 1 saturated heterocycles. The molecule has 8 heteroatoms. The lowest BCUT2D eigenvalue weighted by atomic mass is 9.96. The summed E-state index contributed by atoms with van der Waals surface area (Å²) in [5.74, 6) is 0.0285. The quantitative estimate of drug-likeness (QED) is 0.595. The number of amides is 1. The second-order valence-corrected chi connectivity index (χ2v) is 8.59. The maximum absolute atomic E-state index is 13.1. The molecule has 3 heterocycles. The number of aromatic nitrogens is 4. The predicted molar refractivity (Wildman–Crippen MR) is 123 cm³/mol. The van der Waals surface area contributed by atoms with Crippen molar-refractivity contribution in [2.75, 3.05) is 25.0 Å². The van der Waals surface area contributed by atoms with Crippen LogP contribution in [0.25, 0.3) is 0 Å². The van der Waals surface area contributed by atoms with Gasteiger partial charge < -0.3 is 9.80 Å². The average Bonchev–Trinajstić information content (AvgIpc) is 3.11. The molecule has 0 spiro atoms. The number of aryl methyl sites for hydroxylation is 2. The Labute approximate surface area is 188 Å². The van der Waals surface area contributed by atoms with Crippen molar-refractivity contribution in [3.63, 3.8) is 0 Å². The number of hydrogen-bond acceptors (Lipinski definition) is 5. The van der Waals surface area contributed by atoms with Crippen LogP contribution >= 0.6 is 0 Å². The van der Waals surface area contributed by atoms with Gasteiger partial charge in [0.2, 0.25) is 5.91 Å². The van der Waals surface area contributed by atoms with Crippen molar-refractivity contribution >= 4 is 11.6 Å². The summed E-state index contributed by atoms with van der Waals surface area (Å²) in [7, 11) is 3.74. The maximum atomic E-state index is 13.1. The molecule has 3 aromatic rings. The Morgan fingerprint density at radius 1 is 1.25 bits per heavy atom. The smallest absolute Gasteiger partial charge is 0.269 e. The summed E-state index contributed by atoms with van der Waals surface area (Å²) in [5, 5.41) is 8.74. The van der Waals surface area contributed by atoms with Crippen LogP contribution in [-0.4, -0.2) is 50.5 Å². The third-order valence-corrected chi connectivity index (χ3v) is 6.06. The predicted octanol–water partition coefficient (Wildman–Crippen LogP) is 2.21. The van der Waals surface area contributed by atoms with Crippen molar-refractivity contribution < 1.29 is 4.79 Å². The number of carbonyl (C=O) groups is 1. The second-order valence-electron chi connectivity index (χ2n) is 8.59. The molecule has 8 nitrogen and oxygen atoms in total. The van der Waals surface area contributed by atoms with E-state index in [1.807, 2.05) is 57.5 Å². The van der Waals surface area contributed by atoms with E-state index in [0.29, 0.717) is 19.6 Å². The SMILES string of the molecule is Cc1nn(C)cc1CN(C)C(=O)[C@@H]1CCCN(c2cnn(Cc3ccccc3)c(=O)c2)C1. The topological polar surface area (TPSA) is 76.3 Å². The van der Waals surface area contributed by atoms with E-state index >= 15 is 0 Å². The van der Waals surface area contributed by atoms with Crippen molar-refractivity contribution in [1.29, 1.82) is 0 Å². The Morgan fingerprint density at radius 2 is 2.03 bits per heavy atom. The van der Waals surface area contributed by atoms with Gasteiger partial charge in [-0.2, -0.15) is 10.2 Å². The molecular formula is C24H30N6O2. The lowest BCUT2D eigenvalue weighted by Gasteiger charge is -2.35. The minimum Gasteiger partial charge on any atom is -0.369 e. The van der Waals surface area contributed by atoms with Gasteiger partial charge >= 0.3 is 0 Å². The first-order valence-electron chi connectivity index (χ1n) is 11.0. The van der Waals surface area contributed by atoms with Crippen molar-refractivity contribution in [3.05, 3.63) is 76.0 Å². The fourth-order valence-corrected chi connectivity index (χ4v) is 4.33. The molecule has 0 radical (unpaired) electrons. The second kappa shape index (κ2) is 9.38. The molecule has 168 valence electrons. The number of nitrogens with zero attached hydrogens (tertiary/aromatic N) is 6. The largest absolute Gasteiger partial charge is 0.369 e. The standard InChI is InChI=1S/C24H30N6O2/c1-18-21(16-28(3)26-18)15-27(2)24(32)20-10-7-11-29(17-20)22-12-23(31)30(25-13-22)14-19-8-5-4-6-9-19/h4-6,8-9,12-13,16,20H,7,10-11,14-15,17H2,1-3H3/t20-/m1/s1. The minimum atomic E-state index is -0.135. The summed E-state index contributed by atoms with van der Waals surface area (Å²) in [6.07, 6.45) is 5.45. The Hall–Kier alpha value is -3.42. The van der Waals surface area contributed by atoms with Crippen LogP contribution in [0.1, 0.15) is 29.7 Å². The Balaban J connectivity index is 1.42. The van der Waals surface area contributed by atoms with Crippen molar-refractivity contribution in [1.82, 2.24) is 24.5 Å². The Bertz CT molecular complexity index is 1140. The van der Waals surface area contributed by atoms with Crippen LogP contribution in [-0.2, 0) is 24.9 Å². The van der Waals surface area contributed by atoms with E-state index in [1.165, 1.54) is 4.68 Å². The molecule has 1 fully saturated rings. The summed E-state index contributed by atoms with van der Waals surface area (Å²) in [6.45, 7) is 4.37. The van der Waals surface area contributed by atoms with Crippen LogP contribution in [0.3, 0.4) is 0 Å². The summed E-state index contributed by atoms with van der Waals surface area (Å²) < 4.78 is 3.24. The van der Waals surface area contributed by atoms with Crippen LogP contribution in [0.2, 0.25) is 0 Å². The van der Waals surface area contributed by atoms with Gasteiger partial charge in [0.15, 0.2) is 0 Å². The number of rotatable bonds is 6. The first-order valence-corrected chi connectivity index (χ1v) is 11.0. The number of carbonyl (C=O) groups excluding carboxylic acids is 1. The molecule has 0 unspecified atom stereocenters. The fraction of sp³-hybridized carbons (Fsp3) is 0.417. The molecule has 0 bridgehead atoms. The van der Waals surface area contributed by atoms with Gasteiger partial charge in [0, 0.05) is 51.6 Å². The van der Waals surface area contributed by atoms with Crippen LogP contribution < -0.4 is 10.5 Å². The van der Waals surface area contributed by atoms with Gasteiger partial charge in [-0.3, -0.25) is 14.3 Å². The molecule has 1 amide bonds. The minimum absolute atomic E-state index is 0.0996. The van der Waals surface area contributed by atoms with Crippen LogP contribution in [0, 0.1) is 12.8 Å². The fourth-order valence-electron chi connectivity index (χ4n) is 4.33. The number of anilines is 1. The summed E-state index contributed by atoms with van der Waals surface area (Å²) in [6, 6.07) is 11.4. The lowest BCUT2D eigenvalue weighted by Crippen LogP contribution is -2.44. The molecule has 1 aromatic carbocycles. The third kappa shape index (κ3) is 4.90. The van der Waals surface area contributed by atoms with E-state index in [1.54, 1.807) is 21.8 Å². The van der Waals surface area contributed by atoms with E-state index < -0.39 is 0 Å².